The third-order valence-electron chi connectivity index (χ3n) is 3.55. The normalized spacial score (nSPS) is 75.3. The maximum atomic E-state index is 6.11. The number of alkyl halides is 1. The number of hydrogen-bond donors (Lipinski definition) is 1. The Kier molecular flexibility index (Phi) is 0.647. The van der Waals surface area contributed by atoms with Gasteiger partial charge in [0.25, 0.3) is 0 Å². The second-order valence-electron chi connectivity index (χ2n) is 3.74. The van der Waals surface area contributed by atoms with Crippen molar-refractivity contribution in [3.8, 4) is 0 Å². The van der Waals surface area contributed by atoms with Crippen LogP contribution in [0, 0.1) is 23.7 Å². The first-order valence-corrected chi connectivity index (χ1v) is 4.14. The van der Waals surface area contributed by atoms with E-state index in [1.54, 1.807) is 0 Å². The van der Waals surface area contributed by atoms with Gasteiger partial charge in [-0.05, 0) is 30.1 Å². The van der Waals surface area contributed by atoms with Crippen LogP contribution in [0.4, 0.5) is 0 Å². The second-order valence-corrected chi connectivity index (χ2v) is 4.24. The predicted octanol–water partition coefficient (Wildman–Crippen LogP) is 0.817. The molecule has 6 atom stereocenters. The number of hydrogen-bond acceptors (Lipinski definition) is 1. The lowest BCUT2D eigenvalue weighted by Crippen LogP contribution is -2.26. The molecule has 2 heteroatoms. The molecule has 4 aliphatic rings. The van der Waals surface area contributed by atoms with Crippen molar-refractivity contribution in [1.82, 2.24) is 0 Å². The van der Waals surface area contributed by atoms with Crippen molar-refractivity contribution in [3.05, 3.63) is 0 Å². The van der Waals surface area contributed by atoms with Gasteiger partial charge in [0.1, 0.15) is 0 Å². The molecule has 0 heterocycles. The minimum atomic E-state index is 0.454. The van der Waals surface area contributed by atoms with Crippen LogP contribution < -0.4 is 5.73 Å². The molecular weight excluding hydrogens is 134 g/mol. The van der Waals surface area contributed by atoms with E-state index in [9.17, 15) is 0 Å². The summed E-state index contributed by atoms with van der Waals surface area (Å²) in [6.07, 6.45) is 1.34. The van der Waals surface area contributed by atoms with Crippen molar-refractivity contribution in [1.29, 1.82) is 0 Å². The van der Waals surface area contributed by atoms with Gasteiger partial charge in [-0.15, -0.1) is 11.6 Å². The molecule has 9 heavy (non-hydrogen) atoms. The Hall–Kier alpha value is 0.250. The van der Waals surface area contributed by atoms with Gasteiger partial charge in [-0.25, -0.2) is 0 Å². The molecule has 0 unspecified atom stereocenters. The molecule has 0 aromatic carbocycles. The fourth-order valence-corrected chi connectivity index (χ4v) is 3.74. The highest BCUT2D eigenvalue weighted by Crippen LogP contribution is 2.71. The zero-order chi connectivity index (χ0) is 6.17. The lowest BCUT2D eigenvalue weighted by molar-refractivity contribution is 0.526. The first-order valence-electron chi connectivity index (χ1n) is 3.70. The number of nitrogens with two attached hydrogens (primary N) is 1. The molecule has 0 aromatic heterocycles. The minimum absolute atomic E-state index is 0.454. The smallest absolute Gasteiger partial charge is 0.0413 e. The largest absolute Gasteiger partial charge is 0.327 e. The molecule has 0 aliphatic heterocycles. The molecule has 0 spiro atoms. The van der Waals surface area contributed by atoms with E-state index in [0.29, 0.717) is 17.3 Å². The van der Waals surface area contributed by atoms with Gasteiger partial charge in [0.15, 0.2) is 0 Å². The Labute approximate surface area is 59.6 Å². The monoisotopic (exact) mass is 143 g/mol. The van der Waals surface area contributed by atoms with Gasteiger partial charge in [-0.2, -0.15) is 0 Å². The Morgan fingerprint density at radius 3 is 2.11 bits per heavy atom. The molecule has 4 fully saturated rings. The van der Waals surface area contributed by atoms with E-state index in [4.69, 9.17) is 17.3 Å². The van der Waals surface area contributed by atoms with Crippen molar-refractivity contribution < 1.29 is 0 Å². The topological polar surface area (TPSA) is 26.0 Å². The molecule has 0 aromatic rings. The zero-order valence-corrected chi connectivity index (χ0v) is 5.88. The van der Waals surface area contributed by atoms with E-state index in [2.05, 4.69) is 0 Å². The maximum absolute atomic E-state index is 6.11. The highest BCUT2D eigenvalue weighted by atomic mass is 35.5. The fourth-order valence-electron chi connectivity index (χ4n) is 3.12. The summed E-state index contributed by atoms with van der Waals surface area (Å²) >= 11 is 6.11. The van der Waals surface area contributed by atoms with Crippen molar-refractivity contribution >= 4 is 11.6 Å². The second kappa shape index (κ2) is 1.17. The maximum Gasteiger partial charge on any atom is 0.0413 e. The van der Waals surface area contributed by atoms with E-state index in [-0.39, 0.29) is 0 Å². The van der Waals surface area contributed by atoms with E-state index in [1.165, 1.54) is 6.42 Å². The molecule has 4 aliphatic carbocycles. The van der Waals surface area contributed by atoms with Crippen molar-refractivity contribution in [2.45, 2.75) is 17.8 Å². The summed E-state index contributed by atoms with van der Waals surface area (Å²) in [5.41, 5.74) is 5.91. The third kappa shape index (κ3) is 0.352. The Morgan fingerprint density at radius 2 is 2.00 bits per heavy atom. The summed E-state index contributed by atoms with van der Waals surface area (Å²) in [6.45, 7) is 0. The fraction of sp³-hybridized carbons (Fsp3) is 1.00. The predicted molar refractivity (Wildman–Crippen MR) is 36.2 cm³/mol. The van der Waals surface area contributed by atoms with E-state index < -0.39 is 0 Å². The van der Waals surface area contributed by atoms with Gasteiger partial charge in [0, 0.05) is 11.4 Å². The molecule has 4 saturated carbocycles. The first-order chi connectivity index (χ1) is 4.30. The summed E-state index contributed by atoms with van der Waals surface area (Å²) in [5, 5.41) is 0.454. The highest BCUT2D eigenvalue weighted by molar-refractivity contribution is 6.21. The molecule has 50 valence electrons. The van der Waals surface area contributed by atoms with Crippen LogP contribution >= 0.6 is 11.6 Å². The van der Waals surface area contributed by atoms with E-state index >= 15 is 0 Å². The summed E-state index contributed by atoms with van der Waals surface area (Å²) in [7, 11) is 0. The van der Waals surface area contributed by atoms with Gasteiger partial charge < -0.3 is 5.73 Å². The van der Waals surface area contributed by atoms with Crippen LogP contribution in [-0.2, 0) is 0 Å². The lowest BCUT2D eigenvalue weighted by Gasteiger charge is -2.09. The Balaban J connectivity index is 2.07. The molecule has 0 radical (unpaired) electrons. The average molecular weight is 144 g/mol. The summed E-state index contributed by atoms with van der Waals surface area (Å²) in [4.78, 5) is 0. The molecule has 4 rings (SSSR count). The average Bonchev–Trinajstić information content (AvgIpc) is 2.18. The van der Waals surface area contributed by atoms with Gasteiger partial charge >= 0.3 is 0 Å². The molecule has 2 N–H and O–H groups in total. The number of halogens is 1. The van der Waals surface area contributed by atoms with Gasteiger partial charge in [0.05, 0.1) is 0 Å². The van der Waals surface area contributed by atoms with Crippen LogP contribution in [0.3, 0.4) is 0 Å². The summed E-state index contributed by atoms with van der Waals surface area (Å²) in [5.74, 6) is 3.32. The number of rotatable bonds is 0. The van der Waals surface area contributed by atoms with Crippen molar-refractivity contribution in [2.24, 2.45) is 29.4 Å². The lowest BCUT2D eigenvalue weighted by atomic mass is 10.1. The third-order valence-corrected chi connectivity index (χ3v) is 4.17. The first kappa shape index (κ1) is 4.97. The van der Waals surface area contributed by atoms with E-state index in [1.807, 2.05) is 0 Å². The van der Waals surface area contributed by atoms with Gasteiger partial charge in [0.2, 0.25) is 0 Å². The van der Waals surface area contributed by atoms with Crippen LogP contribution in [0.5, 0.6) is 0 Å². The van der Waals surface area contributed by atoms with Crippen molar-refractivity contribution in [2.75, 3.05) is 0 Å². The molecule has 1 nitrogen and oxygen atoms in total. The molecule has 4 bridgehead atoms. The van der Waals surface area contributed by atoms with Crippen LogP contribution in [0.15, 0.2) is 0 Å². The highest BCUT2D eigenvalue weighted by Gasteiger charge is 2.72. The van der Waals surface area contributed by atoms with Crippen LogP contribution in [-0.4, -0.2) is 11.4 Å². The molecule has 0 amide bonds. The minimum Gasteiger partial charge on any atom is -0.327 e. The summed E-state index contributed by atoms with van der Waals surface area (Å²) in [6, 6.07) is 0.475. The van der Waals surface area contributed by atoms with Gasteiger partial charge in [-0.1, -0.05) is 0 Å². The van der Waals surface area contributed by atoms with Gasteiger partial charge in [-0.3, -0.25) is 0 Å². The van der Waals surface area contributed by atoms with E-state index in [0.717, 1.165) is 17.8 Å². The zero-order valence-electron chi connectivity index (χ0n) is 5.13. The SMILES string of the molecule is N[C@H]1[C@H]2C[C@H]3[C@H]1[C@H]3[C@H]2Cl. The van der Waals surface area contributed by atoms with Crippen LogP contribution in [0.2, 0.25) is 0 Å². The Bertz CT molecular complexity index is 150. The molecular formula is C7H10ClN. The Morgan fingerprint density at radius 1 is 1.22 bits per heavy atom. The molecule has 0 saturated heterocycles. The van der Waals surface area contributed by atoms with Crippen LogP contribution in [0.1, 0.15) is 6.42 Å². The standard InChI is InChI=1S/C7H10ClN/c8-6-3-1-2-4(6)5(2)7(3)9/h2-7H,1,9H2/t2-,3+,4+,5+,6+,7+/m1/s1. The quantitative estimate of drug-likeness (QED) is 0.500. The van der Waals surface area contributed by atoms with Crippen LogP contribution in [0.25, 0.3) is 0 Å². The van der Waals surface area contributed by atoms with Crippen molar-refractivity contribution in [3.63, 3.8) is 0 Å². The summed E-state index contributed by atoms with van der Waals surface area (Å²) < 4.78 is 0.